The molecule has 21 heavy (non-hydrogen) atoms. The predicted molar refractivity (Wildman–Crippen MR) is 79.0 cm³/mol. The summed E-state index contributed by atoms with van der Waals surface area (Å²) in [7, 11) is -1.39. The van der Waals surface area contributed by atoms with Gasteiger partial charge in [0.1, 0.15) is 0 Å². The first-order valence-electron chi connectivity index (χ1n) is 6.78. The Bertz CT molecular complexity index is 592. The van der Waals surface area contributed by atoms with Crippen LogP contribution in [0.4, 0.5) is 0 Å². The first kappa shape index (κ1) is 19.4. The van der Waals surface area contributed by atoms with Crippen molar-refractivity contribution >= 4 is 23.4 Å². The van der Waals surface area contributed by atoms with Crippen molar-refractivity contribution in [3.8, 4) is 0 Å². The third kappa shape index (κ3) is 3.81. The van der Waals surface area contributed by atoms with Crippen LogP contribution >= 0.6 is 0 Å². The number of carbonyl (C=O) groups is 1. The van der Waals surface area contributed by atoms with Gasteiger partial charge in [-0.25, -0.2) is 0 Å². The summed E-state index contributed by atoms with van der Waals surface area (Å²) in [5.41, 5.74) is 2.36. The number of aliphatic hydroxyl groups excluding tert-OH is 1. The van der Waals surface area contributed by atoms with Crippen molar-refractivity contribution < 1.29 is 53.9 Å². The van der Waals surface area contributed by atoms with Crippen molar-refractivity contribution in [2.24, 2.45) is 0 Å². The molecule has 0 spiro atoms. The normalized spacial score (nSPS) is 19.6. The number of rotatable bonds is 5. The van der Waals surface area contributed by atoms with Crippen LogP contribution in [0.2, 0.25) is 23.5 Å². The SMILES string of the molecule is C[Si](C)(CCO)[CH2][Ti+2][C]1=C2[SiH2]C2=C2C(=O)C=CC=C12.[Cl-].[Cl-]. The van der Waals surface area contributed by atoms with Gasteiger partial charge in [0.05, 0.1) is 0 Å². The first-order valence-corrected chi connectivity index (χ1v) is 13.5. The molecule has 1 fully saturated rings. The summed E-state index contributed by atoms with van der Waals surface area (Å²) in [5.74, 6) is 0.239. The summed E-state index contributed by atoms with van der Waals surface area (Å²) in [6.07, 6.45) is 5.78. The molecule has 1 N–H and O–H groups in total. The van der Waals surface area contributed by atoms with E-state index in [4.69, 9.17) is 5.11 Å². The fraction of sp³-hybridized carbons (Fsp3) is 0.357. The first-order chi connectivity index (χ1) is 9.03. The molecule has 0 radical (unpaired) electrons. The fourth-order valence-corrected chi connectivity index (χ4v) is 12.0. The van der Waals surface area contributed by atoms with Crippen molar-refractivity contribution in [1.82, 2.24) is 0 Å². The number of hydrogen-bond acceptors (Lipinski definition) is 2. The Morgan fingerprint density at radius 1 is 1.29 bits per heavy atom. The summed E-state index contributed by atoms with van der Waals surface area (Å²) >= 11 is -0.124. The Morgan fingerprint density at radius 3 is 2.67 bits per heavy atom. The molecular weight excluding hydrogens is 375 g/mol. The molecule has 3 rings (SSSR count). The second-order valence-corrected chi connectivity index (χ2v) is 16.1. The van der Waals surface area contributed by atoms with Crippen LogP contribution < -0.4 is 24.8 Å². The maximum Gasteiger partial charge on any atom is -1.00 e. The molecule has 0 bridgehead atoms. The number of hydrogen-bond donors (Lipinski definition) is 1. The van der Waals surface area contributed by atoms with E-state index in [1.165, 1.54) is 15.1 Å². The van der Waals surface area contributed by atoms with E-state index in [-0.39, 0.29) is 59.3 Å². The summed E-state index contributed by atoms with van der Waals surface area (Å²) in [6, 6.07) is 1.02. The van der Waals surface area contributed by atoms with Gasteiger partial charge in [-0.3, -0.25) is 0 Å². The zero-order valence-electron chi connectivity index (χ0n) is 12.2. The fourth-order valence-electron chi connectivity index (χ4n) is 2.75. The van der Waals surface area contributed by atoms with Gasteiger partial charge in [0, 0.05) is 0 Å². The molecule has 3 aliphatic rings. The molecule has 2 nitrogen and oxygen atoms in total. The Balaban J connectivity index is 0.00000110. The minimum Gasteiger partial charge on any atom is -1.00 e. The maximum atomic E-state index is 12.0. The largest absolute Gasteiger partial charge is 1.00 e. The van der Waals surface area contributed by atoms with Crippen molar-refractivity contribution in [1.29, 1.82) is 0 Å². The average Bonchev–Trinajstić information content (AvgIpc) is 3.04. The zero-order chi connectivity index (χ0) is 13.6. The van der Waals surface area contributed by atoms with E-state index < -0.39 is 8.07 Å². The van der Waals surface area contributed by atoms with Crippen LogP contribution in [0.3, 0.4) is 0 Å². The van der Waals surface area contributed by atoms with Gasteiger partial charge in [-0.2, -0.15) is 0 Å². The topological polar surface area (TPSA) is 37.3 Å². The standard InChI is InChI=1S/C9H5OSi.C5H13OSi.2ClH.Ti/c10-6-3-1-2-5-4-7-9(11-7)8(5)6;1-7(2,3)5-4-6;;;/h1-3H,11H2;6H,1,4-5H2,2-3H3;2*1H;/q;;;;+2/p-2. The molecule has 7 heteroatoms. The van der Waals surface area contributed by atoms with Gasteiger partial charge in [0.15, 0.2) is 0 Å². The van der Waals surface area contributed by atoms with Crippen LogP contribution in [0.15, 0.2) is 43.6 Å². The Labute approximate surface area is 150 Å². The van der Waals surface area contributed by atoms with Gasteiger partial charge in [-0.05, 0) is 0 Å². The second-order valence-electron chi connectivity index (χ2n) is 6.18. The quantitative estimate of drug-likeness (QED) is 0.478. The molecule has 1 saturated heterocycles. The Morgan fingerprint density at radius 2 is 2.00 bits per heavy atom. The Kier molecular flexibility index (Phi) is 6.69. The smallest absolute Gasteiger partial charge is 1.00 e. The zero-order valence-corrected chi connectivity index (χ0v) is 17.7. The molecule has 1 aliphatic heterocycles. The van der Waals surface area contributed by atoms with Crippen LogP contribution in [0.5, 0.6) is 0 Å². The van der Waals surface area contributed by atoms with Crippen LogP contribution in [0, 0.1) is 0 Å². The molecule has 0 aromatic carbocycles. The molecule has 1 heterocycles. The summed E-state index contributed by atoms with van der Waals surface area (Å²) < 4.78 is 2.95. The molecule has 112 valence electrons. The van der Waals surface area contributed by atoms with Gasteiger partial charge in [0.2, 0.25) is 0 Å². The number of ketones is 1. The van der Waals surface area contributed by atoms with Crippen LogP contribution in [-0.2, 0) is 23.9 Å². The van der Waals surface area contributed by atoms with Gasteiger partial charge in [-0.1, -0.05) is 0 Å². The van der Waals surface area contributed by atoms with E-state index in [0.29, 0.717) is 6.61 Å². The molecule has 2 aliphatic carbocycles. The summed E-state index contributed by atoms with van der Waals surface area (Å²) in [6.45, 7) is 5.10. The minimum atomic E-state index is -1.22. The van der Waals surface area contributed by atoms with Gasteiger partial charge < -0.3 is 24.8 Å². The molecular formula is C14H18Cl2O2Si2Ti. The summed E-state index contributed by atoms with van der Waals surface area (Å²) in [5, 5.41) is 12.3. The molecule has 0 amide bonds. The van der Waals surface area contributed by atoms with E-state index >= 15 is 0 Å². The van der Waals surface area contributed by atoms with E-state index in [1.54, 1.807) is 15.2 Å². The van der Waals surface area contributed by atoms with Crippen molar-refractivity contribution in [3.05, 3.63) is 43.6 Å². The Hall–Kier alpha value is 0.318. The molecule has 0 atom stereocenters. The predicted octanol–water partition coefficient (Wildman–Crippen LogP) is -4.54. The van der Waals surface area contributed by atoms with E-state index in [2.05, 4.69) is 19.2 Å². The molecule has 0 saturated carbocycles. The maximum absolute atomic E-state index is 12.0. The minimum absolute atomic E-state index is 0. The third-order valence-corrected chi connectivity index (χ3v) is 15.8. The third-order valence-electron chi connectivity index (χ3n) is 4.02. The molecule has 0 aromatic rings. The molecule has 0 unspecified atom stereocenters. The second kappa shape index (κ2) is 7.26. The van der Waals surface area contributed by atoms with Crippen LogP contribution in [0.25, 0.3) is 0 Å². The number of carbonyl (C=O) groups excluding carboxylic acids is 1. The van der Waals surface area contributed by atoms with Crippen molar-refractivity contribution in [3.63, 3.8) is 0 Å². The van der Waals surface area contributed by atoms with Crippen molar-refractivity contribution in [2.75, 3.05) is 6.61 Å². The van der Waals surface area contributed by atoms with Crippen LogP contribution in [-0.4, -0.2) is 35.1 Å². The van der Waals surface area contributed by atoms with Gasteiger partial charge >= 0.3 is 126 Å². The van der Waals surface area contributed by atoms with E-state index in [9.17, 15) is 4.79 Å². The van der Waals surface area contributed by atoms with Gasteiger partial charge in [-0.15, -0.1) is 0 Å². The number of aliphatic hydroxyl groups is 1. The monoisotopic (exact) mass is 392 g/mol. The average molecular weight is 393 g/mol. The summed E-state index contributed by atoms with van der Waals surface area (Å²) in [4.78, 5) is 12.0. The van der Waals surface area contributed by atoms with E-state index in [1.807, 2.05) is 6.08 Å². The van der Waals surface area contributed by atoms with E-state index in [0.717, 1.165) is 11.6 Å². The molecule has 0 aromatic heterocycles. The number of allylic oxidation sites excluding steroid dienone is 8. The van der Waals surface area contributed by atoms with Crippen LogP contribution in [0.1, 0.15) is 0 Å². The van der Waals surface area contributed by atoms with Crippen molar-refractivity contribution in [2.45, 2.75) is 23.5 Å². The number of fused-ring (bicyclic) bond motifs is 2. The number of halogens is 2. The van der Waals surface area contributed by atoms with Gasteiger partial charge in [0.25, 0.3) is 0 Å².